The molecule has 0 amide bonds. The van der Waals surface area contributed by atoms with Crippen LogP contribution >= 0.6 is 0 Å². The van der Waals surface area contributed by atoms with E-state index in [0.717, 1.165) is 31.7 Å². The highest BCUT2D eigenvalue weighted by molar-refractivity contribution is 7.89. The van der Waals surface area contributed by atoms with Crippen molar-refractivity contribution >= 4 is 16.0 Å². The molecule has 0 bridgehead atoms. The van der Waals surface area contributed by atoms with Gasteiger partial charge >= 0.3 is 5.97 Å². The minimum absolute atomic E-state index is 0.0933. The molecule has 1 unspecified atom stereocenters. The van der Waals surface area contributed by atoms with Crippen LogP contribution in [0.5, 0.6) is 0 Å². The normalized spacial score (nSPS) is 18.6. The number of aryl methyl sites for hydroxylation is 1. The van der Waals surface area contributed by atoms with E-state index >= 15 is 0 Å². The summed E-state index contributed by atoms with van der Waals surface area (Å²) < 4.78 is 32.4. The van der Waals surface area contributed by atoms with Crippen molar-refractivity contribution in [1.82, 2.24) is 4.72 Å². The summed E-state index contributed by atoms with van der Waals surface area (Å²) >= 11 is 0. The van der Waals surface area contributed by atoms with Gasteiger partial charge in [0.05, 0.1) is 0 Å². The number of carbonyl (C=O) groups is 1. The lowest BCUT2D eigenvalue weighted by Gasteiger charge is -2.27. The van der Waals surface area contributed by atoms with Crippen LogP contribution in [0.2, 0.25) is 0 Å². The van der Waals surface area contributed by atoms with E-state index in [9.17, 15) is 13.2 Å². The van der Waals surface area contributed by atoms with E-state index in [0.29, 0.717) is 5.92 Å². The highest BCUT2D eigenvalue weighted by Gasteiger charge is 2.28. The molecule has 21 heavy (non-hydrogen) atoms. The van der Waals surface area contributed by atoms with Crippen LogP contribution in [0.15, 0.2) is 15.4 Å². The Labute approximate surface area is 124 Å². The minimum Gasteiger partial charge on any atom is -0.475 e. The first-order valence-electron chi connectivity index (χ1n) is 7.17. The van der Waals surface area contributed by atoms with Gasteiger partial charge in [0, 0.05) is 12.1 Å². The van der Waals surface area contributed by atoms with Crippen molar-refractivity contribution < 1.29 is 22.7 Å². The molecule has 1 aliphatic rings. The molecule has 118 valence electrons. The van der Waals surface area contributed by atoms with Gasteiger partial charge in [-0.15, -0.1) is 0 Å². The fourth-order valence-electron chi connectivity index (χ4n) is 2.88. The van der Waals surface area contributed by atoms with E-state index in [-0.39, 0.29) is 22.5 Å². The van der Waals surface area contributed by atoms with Gasteiger partial charge in [0.15, 0.2) is 0 Å². The second-order valence-electron chi connectivity index (χ2n) is 5.64. The van der Waals surface area contributed by atoms with Crippen LogP contribution in [0.25, 0.3) is 0 Å². The van der Waals surface area contributed by atoms with E-state index in [1.54, 1.807) is 0 Å². The van der Waals surface area contributed by atoms with Crippen LogP contribution in [0.4, 0.5) is 0 Å². The quantitative estimate of drug-likeness (QED) is 0.870. The second kappa shape index (κ2) is 6.19. The summed E-state index contributed by atoms with van der Waals surface area (Å²) in [6.45, 7) is 3.31. The van der Waals surface area contributed by atoms with Crippen LogP contribution in [-0.2, 0) is 10.0 Å². The summed E-state index contributed by atoms with van der Waals surface area (Å²) in [6.07, 6.45) is 5.51. The van der Waals surface area contributed by atoms with Gasteiger partial charge in [0.1, 0.15) is 10.7 Å². The van der Waals surface area contributed by atoms with E-state index in [1.165, 1.54) is 13.3 Å². The van der Waals surface area contributed by atoms with Gasteiger partial charge in [-0.1, -0.05) is 19.3 Å². The van der Waals surface area contributed by atoms with Crippen LogP contribution in [0.3, 0.4) is 0 Å². The molecule has 7 heteroatoms. The van der Waals surface area contributed by atoms with Crippen LogP contribution < -0.4 is 4.72 Å². The maximum Gasteiger partial charge on any atom is 0.371 e. The summed E-state index contributed by atoms with van der Waals surface area (Å²) in [5.41, 5.74) is 0. The van der Waals surface area contributed by atoms with Crippen LogP contribution in [0.1, 0.15) is 55.3 Å². The molecular weight excluding hydrogens is 294 g/mol. The number of rotatable bonds is 5. The minimum atomic E-state index is -3.76. The number of hydrogen-bond acceptors (Lipinski definition) is 4. The van der Waals surface area contributed by atoms with Crippen molar-refractivity contribution in [2.24, 2.45) is 5.92 Å². The third kappa shape index (κ3) is 3.65. The zero-order valence-electron chi connectivity index (χ0n) is 12.3. The SMILES string of the molecule is Cc1oc(C(=O)O)cc1S(=O)(=O)NC(C)C1CCCCC1. The average Bonchev–Trinajstić information content (AvgIpc) is 2.82. The molecule has 1 aromatic rings. The van der Waals surface area contributed by atoms with Crippen molar-refractivity contribution in [2.45, 2.75) is 56.9 Å². The fraction of sp³-hybridized carbons (Fsp3) is 0.643. The Morgan fingerprint density at radius 3 is 2.52 bits per heavy atom. The number of carboxylic acids is 1. The number of hydrogen-bond donors (Lipinski definition) is 2. The van der Waals surface area contributed by atoms with Gasteiger partial charge in [0.2, 0.25) is 15.8 Å². The van der Waals surface area contributed by atoms with Gasteiger partial charge in [-0.3, -0.25) is 0 Å². The monoisotopic (exact) mass is 315 g/mol. The Balaban J connectivity index is 2.16. The number of carboxylic acid groups (broad SMARTS) is 1. The maximum atomic E-state index is 12.4. The lowest BCUT2D eigenvalue weighted by Crippen LogP contribution is -2.38. The molecule has 1 saturated carbocycles. The number of furan rings is 1. The first-order chi connectivity index (χ1) is 9.81. The molecule has 6 nitrogen and oxygen atoms in total. The molecule has 1 heterocycles. The average molecular weight is 315 g/mol. The van der Waals surface area contributed by atoms with Gasteiger partial charge in [-0.25, -0.2) is 17.9 Å². The van der Waals surface area contributed by atoms with E-state index < -0.39 is 16.0 Å². The predicted octanol–water partition coefficient (Wildman–Crippen LogP) is 2.53. The Morgan fingerprint density at radius 1 is 1.38 bits per heavy atom. The number of sulfonamides is 1. The van der Waals surface area contributed by atoms with Crippen molar-refractivity contribution in [1.29, 1.82) is 0 Å². The molecule has 1 fully saturated rings. The van der Waals surface area contributed by atoms with Gasteiger partial charge in [-0.05, 0) is 32.6 Å². The molecular formula is C14H21NO5S. The highest BCUT2D eigenvalue weighted by Crippen LogP contribution is 2.28. The summed E-state index contributed by atoms with van der Waals surface area (Å²) in [5, 5.41) is 8.87. The summed E-state index contributed by atoms with van der Waals surface area (Å²) in [7, 11) is -3.76. The first kappa shape index (κ1) is 16.0. The maximum absolute atomic E-state index is 12.4. The molecule has 2 N–H and O–H groups in total. The second-order valence-corrected chi connectivity index (χ2v) is 7.33. The smallest absolute Gasteiger partial charge is 0.371 e. The molecule has 1 aliphatic carbocycles. The molecule has 2 rings (SSSR count). The molecule has 0 aromatic carbocycles. The zero-order valence-corrected chi connectivity index (χ0v) is 13.1. The molecule has 1 atom stereocenters. The largest absolute Gasteiger partial charge is 0.475 e. The Morgan fingerprint density at radius 2 is 2.00 bits per heavy atom. The lowest BCUT2D eigenvalue weighted by atomic mass is 9.85. The van der Waals surface area contributed by atoms with Crippen molar-refractivity contribution in [2.75, 3.05) is 0 Å². The fourth-order valence-corrected chi connectivity index (χ4v) is 4.37. The van der Waals surface area contributed by atoms with Crippen molar-refractivity contribution in [3.63, 3.8) is 0 Å². The predicted molar refractivity (Wildman–Crippen MR) is 76.8 cm³/mol. The summed E-state index contributed by atoms with van der Waals surface area (Å²) in [5.74, 6) is -1.21. The molecule has 0 radical (unpaired) electrons. The number of nitrogens with one attached hydrogen (secondary N) is 1. The lowest BCUT2D eigenvalue weighted by molar-refractivity contribution is 0.0661. The zero-order chi connectivity index (χ0) is 15.6. The van der Waals surface area contributed by atoms with Gasteiger partial charge in [0.25, 0.3) is 0 Å². The Bertz CT molecular complexity index is 613. The Hall–Kier alpha value is -1.34. The van der Waals surface area contributed by atoms with Crippen LogP contribution in [-0.4, -0.2) is 25.5 Å². The van der Waals surface area contributed by atoms with Gasteiger partial charge in [-0.2, -0.15) is 0 Å². The highest BCUT2D eigenvalue weighted by atomic mass is 32.2. The van der Waals surface area contributed by atoms with E-state index in [2.05, 4.69) is 4.72 Å². The van der Waals surface area contributed by atoms with Crippen molar-refractivity contribution in [3.05, 3.63) is 17.6 Å². The third-order valence-electron chi connectivity index (χ3n) is 4.07. The standard InChI is InChI=1S/C14H21NO5S/c1-9(11-6-4-3-5-7-11)15-21(18,19)13-8-12(14(16)17)20-10(13)2/h8-9,11,15H,3-7H2,1-2H3,(H,16,17). The van der Waals surface area contributed by atoms with Crippen molar-refractivity contribution in [3.8, 4) is 0 Å². The third-order valence-corrected chi connectivity index (χ3v) is 5.74. The van der Waals surface area contributed by atoms with Crippen LogP contribution in [0, 0.1) is 12.8 Å². The first-order valence-corrected chi connectivity index (χ1v) is 8.65. The molecule has 1 aromatic heterocycles. The summed E-state index contributed by atoms with van der Waals surface area (Å²) in [6, 6.07) is 0.894. The summed E-state index contributed by atoms with van der Waals surface area (Å²) in [4.78, 5) is 10.8. The topological polar surface area (TPSA) is 96.6 Å². The van der Waals surface area contributed by atoms with E-state index in [1.807, 2.05) is 6.92 Å². The molecule has 0 aliphatic heterocycles. The van der Waals surface area contributed by atoms with E-state index in [4.69, 9.17) is 9.52 Å². The number of aromatic carboxylic acids is 1. The van der Waals surface area contributed by atoms with Gasteiger partial charge < -0.3 is 9.52 Å². The Kier molecular flexibility index (Phi) is 4.73. The molecule has 0 saturated heterocycles. The molecule has 0 spiro atoms.